The first-order chi connectivity index (χ1) is 6.68. The minimum absolute atomic E-state index is 0.336. The molecule has 2 N–H and O–H groups in total. The lowest BCUT2D eigenvalue weighted by Gasteiger charge is -2.02. The molecular weight excluding hydrogens is 249 g/mol. The van der Waals surface area contributed by atoms with E-state index in [0.717, 1.165) is 4.47 Å². The third-order valence-electron chi connectivity index (χ3n) is 1.88. The molecule has 0 saturated carbocycles. The van der Waals surface area contributed by atoms with Crippen LogP contribution in [0.3, 0.4) is 0 Å². The molecule has 0 spiro atoms. The first kappa shape index (κ1) is 9.27. The van der Waals surface area contributed by atoms with Crippen LogP contribution in [0.25, 0.3) is 11.3 Å². The number of nitrogens with two attached hydrogens (primary N) is 1. The van der Waals surface area contributed by atoms with E-state index in [4.69, 9.17) is 10.2 Å². The van der Waals surface area contributed by atoms with Gasteiger partial charge >= 0.3 is 0 Å². The zero-order valence-electron chi connectivity index (χ0n) is 7.13. The van der Waals surface area contributed by atoms with Crippen LogP contribution in [-0.4, -0.2) is 0 Å². The van der Waals surface area contributed by atoms with Gasteiger partial charge in [0.2, 0.25) is 0 Å². The highest BCUT2D eigenvalue weighted by Gasteiger charge is 2.10. The second-order valence-corrected chi connectivity index (χ2v) is 3.68. The number of nitrogen functional groups attached to an aromatic ring is 1. The SMILES string of the molecule is Nc1ccc(F)cc1-c1occc1Br. The van der Waals surface area contributed by atoms with E-state index in [-0.39, 0.29) is 5.82 Å². The minimum atomic E-state index is -0.336. The number of halogens is 2. The highest BCUT2D eigenvalue weighted by molar-refractivity contribution is 9.10. The molecule has 4 heteroatoms. The Morgan fingerprint density at radius 3 is 2.71 bits per heavy atom. The molecule has 0 aliphatic carbocycles. The topological polar surface area (TPSA) is 39.2 Å². The molecule has 2 rings (SSSR count). The maximum absolute atomic E-state index is 13.0. The molecule has 2 nitrogen and oxygen atoms in total. The Bertz CT molecular complexity index is 467. The summed E-state index contributed by atoms with van der Waals surface area (Å²) in [4.78, 5) is 0. The van der Waals surface area contributed by atoms with Gasteiger partial charge in [-0.2, -0.15) is 0 Å². The van der Waals surface area contributed by atoms with E-state index in [2.05, 4.69) is 15.9 Å². The standard InChI is InChI=1S/C10H7BrFNO/c11-8-3-4-14-10(8)7-5-6(12)1-2-9(7)13/h1-5H,13H2. The molecule has 1 aromatic carbocycles. The highest BCUT2D eigenvalue weighted by Crippen LogP contribution is 2.33. The van der Waals surface area contributed by atoms with Crippen LogP contribution in [0.5, 0.6) is 0 Å². The van der Waals surface area contributed by atoms with Crippen molar-refractivity contribution in [3.05, 3.63) is 40.8 Å². The molecule has 0 atom stereocenters. The van der Waals surface area contributed by atoms with Gasteiger partial charge in [-0.1, -0.05) is 0 Å². The van der Waals surface area contributed by atoms with Crippen molar-refractivity contribution in [2.75, 3.05) is 5.73 Å². The first-order valence-corrected chi connectivity index (χ1v) is 4.76. The van der Waals surface area contributed by atoms with E-state index in [1.807, 2.05) is 0 Å². The van der Waals surface area contributed by atoms with Crippen molar-refractivity contribution in [2.45, 2.75) is 0 Å². The van der Waals surface area contributed by atoms with Gasteiger partial charge in [-0.05, 0) is 40.2 Å². The molecule has 14 heavy (non-hydrogen) atoms. The fraction of sp³-hybridized carbons (Fsp3) is 0. The summed E-state index contributed by atoms with van der Waals surface area (Å²) in [7, 11) is 0. The lowest BCUT2D eigenvalue weighted by Crippen LogP contribution is -1.90. The van der Waals surface area contributed by atoms with Gasteiger partial charge in [-0.25, -0.2) is 4.39 Å². The van der Waals surface area contributed by atoms with Crippen LogP contribution in [0.15, 0.2) is 39.4 Å². The fourth-order valence-corrected chi connectivity index (χ4v) is 1.63. The molecule has 1 aromatic heterocycles. The molecule has 0 aliphatic heterocycles. The summed E-state index contributed by atoms with van der Waals surface area (Å²) in [6, 6.07) is 5.91. The first-order valence-electron chi connectivity index (χ1n) is 3.97. The van der Waals surface area contributed by atoms with Gasteiger partial charge in [0.25, 0.3) is 0 Å². The van der Waals surface area contributed by atoms with Crippen molar-refractivity contribution in [1.29, 1.82) is 0 Å². The minimum Gasteiger partial charge on any atom is -0.463 e. The fourth-order valence-electron chi connectivity index (χ4n) is 1.21. The number of furan rings is 1. The van der Waals surface area contributed by atoms with Crippen LogP contribution < -0.4 is 5.73 Å². The maximum atomic E-state index is 13.0. The summed E-state index contributed by atoms with van der Waals surface area (Å²) in [6.45, 7) is 0. The summed E-state index contributed by atoms with van der Waals surface area (Å²) < 4.78 is 18.9. The Labute approximate surface area is 88.7 Å². The summed E-state index contributed by atoms with van der Waals surface area (Å²) in [5.74, 6) is 0.208. The molecule has 72 valence electrons. The van der Waals surface area contributed by atoms with Crippen molar-refractivity contribution >= 4 is 21.6 Å². The largest absolute Gasteiger partial charge is 0.463 e. The van der Waals surface area contributed by atoms with E-state index in [9.17, 15) is 4.39 Å². The van der Waals surface area contributed by atoms with Crippen molar-refractivity contribution in [3.8, 4) is 11.3 Å². The van der Waals surface area contributed by atoms with E-state index < -0.39 is 0 Å². The highest BCUT2D eigenvalue weighted by atomic mass is 79.9. The lowest BCUT2D eigenvalue weighted by atomic mass is 10.1. The number of hydrogen-bond acceptors (Lipinski definition) is 2. The Morgan fingerprint density at radius 1 is 1.29 bits per heavy atom. The molecule has 1 heterocycles. The zero-order chi connectivity index (χ0) is 10.1. The van der Waals surface area contributed by atoms with Crippen LogP contribution in [-0.2, 0) is 0 Å². The van der Waals surface area contributed by atoms with Crippen LogP contribution in [0.4, 0.5) is 10.1 Å². The molecule has 0 unspecified atom stereocenters. The third kappa shape index (κ3) is 1.53. The van der Waals surface area contributed by atoms with Crippen LogP contribution in [0.1, 0.15) is 0 Å². The van der Waals surface area contributed by atoms with Crippen LogP contribution in [0.2, 0.25) is 0 Å². The van der Waals surface area contributed by atoms with Gasteiger partial charge in [-0.3, -0.25) is 0 Å². The summed E-state index contributed by atoms with van der Waals surface area (Å²) in [6.07, 6.45) is 1.52. The third-order valence-corrected chi connectivity index (χ3v) is 2.50. The molecule has 0 fully saturated rings. The van der Waals surface area contributed by atoms with Gasteiger partial charge in [0, 0.05) is 11.3 Å². The Balaban J connectivity index is 2.62. The van der Waals surface area contributed by atoms with Crippen molar-refractivity contribution in [3.63, 3.8) is 0 Å². The maximum Gasteiger partial charge on any atom is 0.150 e. The predicted octanol–water partition coefficient (Wildman–Crippen LogP) is 3.43. The molecule has 0 radical (unpaired) electrons. The van der Waals surface area contributed by atoms with Crippen molar-refractivity contribution in [2.24, 2.45) is 0 Å². The second-order valence-electron chi connectivity index (χ2n) is 2.83. The Kier molecular flexibility index (Phi) is 2.29. The van der Waals surface area contributed by atoms with Gasteiger partial charge in [0.05, 0.1) is 10.7 Å². The van der Waals surface area contributed by atoms with Crippen LogP contribution in [0, 0.1) is 5.82 Å². The number of benzene rings is 1. The van der Waals surface area contributed by atoms with E-state index in [0.29, 0.717) is 17.0 Å². The summed E-state index contributed by atoms with van der Waals surface area (Å²) >= 11 is 3.29. The van der Waals surface area contributed by atoms with Gasteiger partial charge < -0.3 is 10.2 Å². The molecule has 0 bridgehead atoms. The van der Waals surface area contributed by atoms with Crippen molar-refractivity contribution in [1.82, 2.24) is 0 Å². The van der Waals surface area contributed by atoms with E-state index >= 15 is 0 Å². The van der Waals surface area contributed by atoms with Gasteiger partial charge in [0.15, 0.2) is 0 Å². The second kappa shape index (κ2) is 3.46. The Hall–Kier alpha value is -1.29. The molecular formula is C10H7BrFNO. The average Bonchev–Trinajstić information content (AvgIpc) is 2.56. The quantitative estimate of drug-likeness (QED) is 0.794. The number of anilines is 1. The van der Waals surface area contributed by atoms with Gasteiger partial charge in [-0.15, -0.1) is 0 Å². The Morgan fingerprint density at radius 2 is 2.07 bits per heavy atom. The van der Waals surface area contributed by atoms with E-state index in [1.54, 1.807) is 6.07 Å². The zero-order valence-corrected chi connectivity index (χ0v) is 8.71. The van der Waals surface area contributed by atoms with Gasteiger partial charge in [0.1, 0.15) is 11.6 Å². The number of hydrogen-bond donors (Lipinski definition) is 1. The van der Waals surface area contributed by atoms with Crippen LogP contribution >= 0.6 is 15.9 Å². The number of rotatable bonds is 1. The van der Waals surface area contributed by atoms with Crippen molar-refractivity contribution < 1.29 is 8.81 Å². The lowest BCUT2D eigenvalue weighted by molar-refractivity contribution is 0.579. The average molecular weight is 256 g/mol. The normalized spacial score (nSPS) is 10.4. The summed E-state index contributed by atoms with van der Waals surface area (Å²) in [5, 5.41) is 0. The summed E-state index contributed by atoms with van der Waals surface area (Å²) in [5.41, 5.74) is 6.75. The van der Waals surface area contributed by atoms with E-state index in [1.165, 1.54) is 24.5 Å². The monoisotopic (exact) mass is 255 g/mol. The molecule has 0 amide bonds. The molecule has 0 aliphatic rings. The molecule has 0 saturated heterocycles. The predicted molar refractivity (Wildman–Crippen MR) is 56.2 cm³/mol. The smallest absolute Gasteiger partial charge is 0.150 e. The molecule has 2 aromatic rings.